The largest absolute Gasteiger partial charge is 0.497 e. The number of aryl methyl sites for hydroxylation is 1. The molecule has 6 heteroatoms. The molecule has 1 N–H and O–H groups in total. The van der Waals surface area contributed by atoms with Crippen molar-refractivity contribution < 1.29 is 9.47 Å². The maximum absolute atomic E-state index is 5.72. The van der Waals surface area contributed by atoms with Gasteiger partial charge in [-0.25, -0.2) is 0 Å². The van der Waals surface area contributed by atoms with E-state index in [2.05, 4.69) is 36.3 Å². The molecule has 1 fully saturated rings. The third-order valence-corrected chi connectivity index (χ3v) is 4.36. The maximum Gasteiger partial charge on any atom is 0.193 e. The van der Waals surface area contributed by atoms with Crippen LogP contribution in [-0.4, -0.2) is 57.9 Å². The van der Waals surface area contributed by atoms with Crippen molar-refractivity contribution >= 4 is 29.9 Å². The second-order valence-corrected chi connectivity index (χ2v) is 6.63. The second kappa shape index (κ2) is 13.2. The van der Waals surface area contributed by atoms with Crippen LogP contribution in [0.5, 0.6) is 5.75 Å². The highest BCUT2D eigenvalue weighted by Gasteiger charge is 2.21. The highest BCUT2D eigenvalue weighted by Crippen LogP contribution is 2.28. The molecule has 0 radical (unpaired) electrons. The summed E-state index contributed by atoms with van der Waals surface area (Å²) in [5, 5.41) is 3.36. The lowest BCUT2D eigenvalue weighted by Crippen LogP contribution is -2.40. The van der Waals surface area contributed by atoms with Crippen LogP contribution < -0.4 is 10.1 Å². The Labute approximate surface area is 175 Å². The number of hydrogen-bond acceptors (Lipinski definition) is 3. The van der Waals surface area contributed by atoms with Crippen LogP contribution in [0, 0.1) is 5.92 Å². The molecule has 0 spiro atoms. The molecule has 1 aromatic rings. The summed E-state index contributed by atoms with van der Waals surface area (Å²) in [6, 6.07) is 8.27. The first kappa shape index (κ1) is 23.0. The van der Waals surface area contributed by atoms with Gasteiger partial charge in [-0.05, 0) is 56.2 Å². The van der Waals surface area contributed by atoms with E-state index in [1.54, 1.807) is 7.11 Å². The molecule has 1 aliphatic rings. The average molecular weight is 475 g/mol. The van der Waals surface area contributed by atoms with Gasteiger partial charge in [-0.3, -0.25) is 4.99 Å². The minimum atomic E-state index is 0. The minimum Gasteiger partial charge on any atom is -0.497 e. The SMILES string of the molecule is CCNC(=NCCCc1ccc(OC)cc1)N(C)CCOCC1CC1.I. The predicted molar refractivity (Wildman–Crippen MR) is 119 cm³/mol. The number of benzene rings is 1. The molecule has 2 rings (SSSR count). The highest BCUT2D eigenvalue weighted by molar-refractivity contribution is 14.0. The number of nitrogens with zero attached hydrogens (tertiary/aromatic N) is 2. The average Bonchev–Trinajstić information content (AvgIpc) is 3.46. The number of nitrogens with one attached hydrogen (secondary N) is 1. The molecule has 0 atom stereocenters. The van der Waals surface area contributed by atoms with Crippen LogP contribution in [0.1, 0.15) is 31.7 Å². The van der Waals surface area contributed by atoms with Gasteiger partial charge in [-0.2, -0.15) is 0 Å². The van der Waals surface area contributed by atoms with E-state index < -0.39 is 0 Å². The summed E-state index contributed by atoms with van der Waals surface area (Å²) in [6.45, 7) is 6.36. The van der Waals surface area contributed by atoms with Crippen LogP contribution in [0.3, 0.4) is 0 Å². The molecule has 0 heterocycles. The molecular formula is C20H34IN3O2. The van der Waals surface area contributed by atoms with Gasteiger partial charge >= 0.3 is 0 Å². The summed E-state index contributed by atoms with van der Waals surface area (Å²) >= 11 is 0. The molecule has 1 aromatic carbocycles. The van der Waals surface area contributed by atoms with E-state index >= 15 is 0 Å². The van der Waals surface area contributed by atoms with Crippen LogP contribution in [0.15, 0.2) is 29.3 Å². The Morgan fingerprint density at radius 2 is 2.00 bits per heavy atom. The molecule has 0 amide bonds. The molecule has 1 aliphatic carbocycles. The summed E-state index contributed by atoms with van der Waals surface area (Å²) < 4.78 is 10.9. The Morgan fingerprint density at radius 3 is 2.62 bits per heavy atom. The van der Waals surface area contributed by atoms with E-state index in [9.17, 15) is 0 Å². The zero-order valence-corrected chi connectivity index (χ0v) is 18.7. The molecule has 0 bridgehead atoms. The molecular weight excluding hydrogens is 441 g/mol. The Balaban J connectivity index is 0.00000338. The molecule has 0 saturated heterocycles. The van der Waals surface area contributed by atoms with E-state index in [1.165, 1.54) is 18.4 Å². The predicted octanol–water partition coefficient (Wildman–Crippen LogP) is 3.57. The highest BCUT2D eigenvalue weighted by atomic mass is 127. The normalized spacial score (nSPS) is 13.9. The number of guanidine groups is 1. The number of likely N-dealkylation sites (N-methyl/N-ethyl adjacent to an activating group) is 1. The smallest absolute Gasteiger partial charge is 0.193 e. The molecule has 1 saturated carbocycles. The van der Waals surface area contributed by atoms with Crippen molar-refractivity contribution in [1.29, 1.82) is 0 Å². The molecule has 0 unspecified atom stereocenters. The first-order chi connectivity index (χ1) is 12.2. The minimum absolute atomic E-state index is 0. The van der Waals surface area contributed by atoms with Crippen LogP contribution in [0.2, 0.25) is 0 Å². The van der Waals surface area contributed by atoms with E-state index in [1.807, 2.05) is 12.1 Å². The summed E-state index contributed by atoms with van der Waals surface area (Å²) in [5.74, 6) is 2.69. The summed E-state index contributed by atoms with van der Waals surface area (Å²) in [7, 11) is 3.77. The van der Waals surface area contributed by atoms with Crippen LogP contribution in [0.4, 0.5) is 0 Å². The third kappa shape index (κ3) is 9.07. The number of methoxy groups -OCH3 is 1. The van der Waals surface area contributed by atoms with E-state index in [-0.39, 0.29) is 24.0 Å². The van der Waals surface area contributed by atoms with Crippen molar-refractivity contribution in [3.8, 4) is 5.75 Å². The van der Waals surface area contributed by atoms with Crippen molar-refractivity contribution in [3.05, 3.63) is 29.8 Å². The monoisotopic (exact) mass is 475 g/mol. The standard InChI is InChI=1S/C20H33N3O2.HI/c1-4-21-20(23(2)14-15-25-16-18-7-8-18)22-13-5-6-17-9-11-19(24-3)12-10-17;/h9-12,18H,4-8,13-16H2,1-3H3,(H,21,22);1H. The summed E-state index contributed by atoms with van der Waals surface area (Å²) in [5.41, 5.74) is 1.32. The maximum atomic E-state index is 5.72. The Morgan fingerprint density at radius 1 is 1.27 bits per heavy atom. The number of halogens is 1. The molecule has 5 nitrogen and oxygen atoms in total. The van der Waals surface area contributed by atoms with Crippen LogP contribution >= 0.6 is 24.0 Å². The summed E-state index contributed by atoms with van der Waals surface area (Å²) in [4.78, 5) is 6.90. The Bertz CT molecular complexity index is 518. The van der Waals surface area contributed by atoms with Crippen molar-refractivity contribution in [2.45, 2.75) is 32.6 Å². The first-order valence-corrected chi connectivity index (χ1v) is 9.43. The van der Waals surface area contributed by atoms with Crippen molar-refractivity contribution in [1.82, 2.24) is 10.2 Å². The van der Waals surface area contributed by atoms with E-state index in [0.29, 0.717) is 0 Å². The van der Waals surface area contributed by atoms with Crippen molar-refractivity contribution in [3.63, 3.8) is 0 Å². The lowest BCUT2D eigenvalue weighted by Gasteiger charge is -2.22. The van der Waals surface area contributed by atoms with Gasteiger partial charge in [0.05, 0.1) is 13.7 Å². The van der Waals surface area contributed by atoms with Gasteiger partial charge in [0.15, 0.2) is 5.96 Å². The number of aliphatic imine (C=N–C) groups is 1. The van der Waals surface area contributed by atoms with Gasteiger partial charge < -0.3 is 19.7 Å². The zero-order valence-electron chi connectivity index (χ0n) is 16.4. The van der Waals surface area contributed by atoms with Gasteiger partial charge in [-0.15, -0.1) is 24.0 Å². The topological polar surface area (TPSA) is 46.1 Å². The lowest BCUT2D eigenvalue weighted by molar-refractivity contribution is 0.115. The Kier molecular flexibility index (Phi) is 11.7. The van der Waals surface area contributed by atoms with Crippen LogP contribution in [-0.2, 0) is 11.2 Å². The van der Waals surface area contributed by atoms with Crippen molar-refractivity contribution in [2.24, 2.45) is 10.9 Å². The van der Waals surface area contributed by atoms with Gasteiger partial charge in [-0.1, -0.05) is 12.1 Å². The summed E-state index contributed by atoms with van der Waals surface area (Å²) in [6.07, 6.45) is 4.75. The fourth-order valence-corrected chi connectivity index (χ4v) is 2.57. The number of ether oxygens (including phenoxy) is 2. The van der Waals surface area contributed by atoms with E-state index in [4.69, 9.17) is 14.5 Å². The van der Waals surface area contributed by atoms with Gasteiger partial charge in [0.2, 0.25) is 0 Å². The third-order valence-electron chi connectivity index (χ3n) is 4.36. The fraction of sp³-hybridized carbons (Fsp3) is 0.650. The number of hydrogen-bond donors (Lipinski definition) is 1. The lowest BCUT2D eigenvalue weighted by atomic mass is 10.1. The Hall–Kier alpha value is -1.02. The van der Waals surface area contributed by atoms with Crippen LogP contribution in [0.25, 0.3) is 0 Å². The van der Waals surface area contributed by atoms with Gasteiger partial charge in [0, 0.05) is 33.3 Å². The molecule has 148 valence electrons. The van der Waals surface area contributed by atoms with E-state index in [0.717, 1.165) is 63.3 Å². The van der Waals surface area contributed by atoms with Gasteiger partial charge in [0.1, 0.15) is 5.75 Å². The molecule has 0 aliphatic heterocycles. The second-order valence-electron chi connectivity index (χ2n) is 6.63. The fourth-order valence-electron chi connectivity index (χ4n) is 2.57. The number of rotatable bonds is 11. The first-order valence-electron chi connectivity index (χ1n) is 9.43. The molecule has 26 heavy (non-hydrogen) atoms. The quantitative estimate of drug-likeness (QED) is 0.230. The van der Waals surface area contributed by atoms with Crippen molar-refractivity contribution in [2.75, 3.05) is 47.0 Å². The zero-order chi connectivity index (χ0) is 17.9. The van der Waals surface area contributed by atoms with Gasteiger partial charge in [0.25, 0.3) is 0 Å². The molecule has 0 aromatic heterocycles.